The van der Waals surface area contributed by atoms with E-state index in [0.29, 0.717) is 17.7 Å². The first-order chi connectivity index (χ1) is 19.6. The zero-order valence-corrected chi connectivity index (χ0v) is 24.2. The molecule has 0 fully saturated rings. The number of aromatic amines is 1. The number of hydrogen-bond donors (Lipinski definition) is 8. The Balaban J connectivity index is 1.80. The first-order valence-corrected chi connectivity index (χ1v) is 15.0. The molecule has 13 heteroatoms. The van der Waals surface area contributed by atoms with Gasteiger partial charge in [-0.1, -0.05) is 30.3 Å². The van der Waals surface area contributed by atoms with E-state index in [1.165, 1.54) is 12.1 Å². The first-order valence-electron chi connectivity index (χ1n) is 12.9. The molecule has 11 nitrogen and oxygen atoms in total. The van der Waals surface area contributed by atoms with Gasteiger partial charge in [0.2, 0.25) is 17.7 Å². The Bertz CT molecular complexity index is 1350. The molecule has 0 saturated carbocycles. The number of rotatable bonds is 15. The number of para-hydroxylation sites is 1. The van der Waals surface area contributed by atoms with Crippen LogP contribution in [0.1, 0.15) is 17.5 Å². The van der Waals surface area contributed by atoms with E-state index in [1.54, 1.807) is 30.1 Å². The SMILES string of the molecule is CSCCC(N)C(=O)NC(CS)C(=O)NC(Cc1c[nH]c2ccccc12)C(=O)NC(Cc1ccc(O)cc1)C(=O)O. The Hall–Kier alpha value is -3.68. The Labute approximate surface area is 247 Å². The second-order valence-electron chi connectivity index (χ2n) is 9.53. The predicted octanol–water partition coefficient (Wildman–Crippen LogP) is 1.21. The van der Waals surface area contributed by atoms with Crippen molar-refractivity contribution >= 4 is 59.0 Å². The number of carboxylic acid groups (broad SMARTS) is 1. The van der Waals surface area contributed by atoms with Gasteiger partial charge in [0.1, 0.15) is 23.9 Å². The number of carboxylic acids is 1. The molecule has 3 rings (SSSR count). The maximum atomic E-state index is 13.5. The van der Waals surface area contributed by atoms with Gasteiger partial charge in [-0.3, -0.25) is 14.4 Å². The van der Waals surface area contributed by atoms with Gasteiger partial charge in [0.25, 0.3) is 0 Å². The Kier molecular flexibility index (Phi) is 11.9. The number of thiol groups is 1. The fourth-order valence-electron chi connectivity index (χ4n) is 4.19. The summed E-state index contributed by atoms with van der Waals surface area (Å²) >= 11 is 5.75. The van der Waals surface area contributed by atoms with E-state index in [-0.39, 0.29) is 24.3 Å². The molecule has 4 unspecified atom stereocenters. The quantitative estimate of drug-likeness (QED) is 0.119. The molecule has 0 bridgehead atoms. The Morgan fingerprint density at radius 1 is 0.927 bits per heavy atom. The third-order valence-electron chi connectivity index (χ3n) is 6.51. The van der Waals surface area contributed by atoms with E-state index in [4.69, 9.17) is 5.73 Å². The first kappa shape index (κ1) is 31.8. The molecule has 0 aliphatic carbocycles. The van der Waals surface area contributed by atoms with Crippen molar-refractivity contribution in [1.29, 1.82) is 0 Å². The normalized spacial score (nSPS) is 14.0. The Morgan fingerprint density at radius 3 is 2.22 bits per heavy atom. The molecule has 220 valence electrons. The number of phenols is 1. The average Bonchev–Trinajstić information content (AvgIpc) is 3.37. The Morgan fingerprint density at radius 2 is 1.56 bits per heavy atom. The smallest absolute Gasteiger partial charge is 0.326 e. The summed E-state index contributed by atoms with van der Waals surface area (Å²) in [5, 5.41) is 28.0. The number of aromatic hydroxyl groups is 1. The molecule has 0 saturated heterocycles. The highest BCUT2D eigenvalue weighted by Gasteiger charge is 2.30. The number of aromatic nitrogens is 1. The van der Waals surface area contributed by atoms with Crippen molar-refractivity contribution in [2.75, 3.05) is 17.8 Å². The molecule has 41 heavy (non-hydrogen) atoms. The van der Waals surface area contributed by atoms with Crippen LogP contribution in [0.15, 0.2) is 54.7 Å². The predicted molar refractivity (Wildman–Crippen MR) is 162 cm³/mol. The summed E-state index contributed by atoms with van der Waals surface area (Å²) in [6.45, 7) is 0. The largest absolute Gasteiger partial charge is 0.508 e. The van der Waals surface area contributed by atoms with Crippen LogP contribution >= 0.6 is 24.4 Å². The molecule has 0 aliphatic rings. The van der Waals surface area contributed by atoms with Crippen molar-refractivity contribution in [2.45, 2.75) is 43.4 Å². The monoisotopic (exact) mass is 601 g/mol. The van der Waals surface area contributed by atoms with Gasteiger partial charge in [0, 0.05) is 35.7 Å². The standard InChI is InChI=1S/C28H35N5O6S2/c1-41-11-10-20(29)25(35)33-24(15-40)27(37)31-22(13-17-14-30-21-5-3-2-4-19(17)21)26(36)32-23(28(38)39)12-16-6-8-18(34)9-7-16/h2-9,14,20,22-24,30,34,40H,10-13,15,29H2,1H3,(H,31,37)(H,32,36)(H,33,35)(H,38,39). The van der Waals surface area contributed by atoms with Crippen molar-refractivity contribution in [3.63, 3.8) is 0 Å². The van der Waals surface area contributed by atoms with Crippen molar-refractivity contribution in [3.8, 4) is 5.75 Å². The third kappa shape index (κ3) is 9.17. The van der Waals surface area contributed by atoms with Crippen LogP contribution in [0, 0.1) is 0 Å². The molecular weight excluding hydrogens is 566 g/mol. The minimum absolute atomic E-state index is 0.0298. The van der Waals surface area contributed by atoms with Crippen LogP contribution in [0.25, 0.3) is 10.9 Å². The summed E-state index contributed by atoms with van der Waals surface area (Å²) in [5.41, 5.74) is 8.09. The van der Waals surface area contributed by atoms with Crippen LogP contribution in [-0.4, -0.2) is 80.8 Å². The maximum absolute atomic E-state index is 13.5. The van der Waals surface area contributed by atoms with Crippen LogP contribution in [0.2, 0.25) is 0 Å². The number of carbonyl (C=O) groups is 4. The molecule has 4 atom stereocenters. The van der Waals surface area contributed by atoms with E-state index < -0.39 is 47.9 Å². The number of amides is 3. The van der Waals surface area contributed by atoms with Crippen molar-refractivity contribution < 1.29 is 29.4 Å². The molecule has 3 aromatic rings. The molecule has 0 radical (unpaired) electrons. The van der Waals surface area contributed by atoms with E-state index in [9.17, 15) is 29.4 Å². The molecule has 2 aromatic carbocycles. The molecule has 3 amide bonds. The fraction of sp³-hybridized carbons (Fsp3) is 0.357. The number of H-pyrrole nitrogens is 1. The van der Waals surface area contributed by atoms with E-state index >= 15 is 0 Å². The van der Waals surface area contributed by atoms with Gasteiger partial charge in [0.05, 0.1) is 6.04 Å². The number of nitrogens with one attached hydrogen (secondary N) is 4. The van der Waals surface area contributed by atoms with Crippen molar-refractivity contribution in [1.82, 2.24) is 20.9 Å². The van der Waals surface area contributed by atoms with Crippen molar-refractivity contribution in [3.05, 3.63) is 65.9 Å². The zero-order valence-electron chi connectivity index (χ0n) is 22.5. The van der Waals surface area contributed by atoms with Crippen LogP contribution < -0.4 is 21.7 Å². The van der Waals surface area contributed by atoms with Crippen LogP contribution in [0.3, 0.4) is 0 Å². The van der Waals surface area contributed by atoms with Crippen LogP contribution in [0.5, 0.6) is 5.75 Å². The summed E-state index contributed by atoms with van der Waals surface area (Å²) in [6, 6.07) is 9.07. The van der Waals surface area contributed by atoms with Gasteiger partial charge in [-0.05, 0) is 47.8 Å². The minimum atomic E-state index is -1.30. The van der Waals surface area contributed by atoms with Gasteiger partial charge >= 0.3 is 5.97 Å². The van der Waals surface area contributed by atoms with Crippen molar-refractivity contribution in [2.24, 2.45) is 5.73 Å². The third-order valence-corrected chi connectivity index (χ3v) is 7.52. The highest BCUT2D eigenvalue weighted by atomic mass is 32.2. The molecule has 1 aromatic heterocycles. The van der Waals surface area contributed by atoms with Gasteiger partial charge in [-0.15, -0.1) is 0 Å². The summed E-state index contributed by atoms with van der Waals surface area (Å²) in [5.74, 6) is -2.48. The van der Waals surface area contributed by atoms with Gasteiger partial charge in [-0.2, -0.15) is 24.4 Å². The summed E-state index contributed by atoms with van der Waals surface area (Å²) in [7, 11) is 0. The maximum Gasteiger partial charge on any atom is 0.326 e. The fourth-order valence-corrected chi connectivity index (χ4v) is 4.94. The zero-order chi connectivity index (χ0) is 29.9. The molecule has 1 heterocycles. The lowest BCUT2D eigenvalue weighted by atomic mass is 10.0. The number of nitrogens with two attached hydrogens (primary N) is 1. The molecule has 0 aliphatic heterocycles. The number of fused-ring (bicyclic) bond motifs is 1. The van der Waals surface area contributed by atoms with E-state index in [1.807, 2.05) is 30.5 Å². The lowest BCUT2D eigenvalue weighted by molar-refractivity contribution is -0.142. The van der Waals surface area contributed by atoms with Crippen LogP contribution in [0.4, 0.5) is 0 Å². The van der Waals surface area contributed by atoms with E-state index in [0.717, 1.165) is 16.5 Å². The second-order valence-corrected chi connectivity index (χ2v) is 10.9. The van der Waals surface area contributed by atoms with Gasteiger partial charge < -0.3 is 36.9 Å². The second kappa shape index (κ2) is 15.4. The number of thioether (sulfide) groups is 1. The molecular formula is C28H35N5O6S2. The number of aliphatic carboxylic acids is 1. The number of hydrogen-bond acceptors (Lipinski definition) is 8. The summed E-state index contributed by atoms with van der Waals surface area (Å²) < 4.78 is 0. The minimum Gasteiger partial charge on any atom is -0.508 e. The lowest BCUT2D eigenvalue weighted by Crippen LogP contribution is -2.58. The van der Waals surface area contributed by atoms with Crippen LogP contribution in [-0.2, 0) is 32.0 Å². The highest BCUT2D eigenvalue weighted by Crippen LogP contribution is 2.19. The summed E-state index contributed by atoms with van der Waals surface area (Å²) in [4.78, 5) is 54.4. The number of carbonyl (C=O) groups excluding carboxylic acids is 3. The molecule has 0 spiro atoms. The van der Waals surface area contributed by atoms with Gasteiger partial charge in [-0.25, -0.2) is 4.79 Å². The number of phenolic OH excluding ortho intramolecular Hbond substituents is 1. The van der Waals surface area contributed by atoms with E-state index in [2.05, 4.69) is 33.6 Å². The average molecular weight is 602 g/mol. The van der Waals surface area contributed by atoms with Gasteiger partial charge in [0.15, 0.2) is 0 Å². The lowest BCUT2D eigenvalue weighted by Gasteiger charge is -2.24. The topological polar surface area (TPSA) is 187 Å². The molecule has 8 N–H and O–H groups in total. The number of benzene rings is 2. The highest BCUT2D eigenvalue weighted by molar-refractivity contribution is 7.98. The summed E-state index contributed by atoms with van der Waals surface area (Å²) in [6.07, 6.45) is 4.06.